The molecule has 0 atom stereocenters. The maximum atomic E-state index is 11.2. The van der Waals surface area contributed by atoms with Gasteiger partial charge in [-0.1, -0.05) is 19.1 Å². The van der Waals surface area contributed by atoms with E-state index in [4.69, 9.17) is 0 Å². The summed E-state index contributed by atoms with van der Waals surface area (Å²) in [5, 5.41) is 2.88. The second kappa shape index (κ2) is 8.48. The Kier molecular flexibility index (Phi) is 7.21. The number of amides is 1. The van der Waals surface area contributed by atoms with Gasteiger partial charge in [-0.05, 0) is 35.6 Å². The molecule has 0 aromatic heterocycles. The molecule has 0 aliphatic carbocycles. The zero-order chi connectivity index (χ0) is 12.5. The topological polar surface area (TPSA) is 29.1 Å². The van der Waals surface area contributed by atoms with E-state index < -0.39 is 0 Å². The molecule has 0 radical (unpaired) electrons. The lowest BCUT2D eigenvalue weighted by Crippen LogP contribution is -2.25. The van der Waals surface area contributed by atoms with Crippen molar-refractivity contribution in [3.05, 3.63) is 29.8 Å². The summed E-state index contributed by atoms with van der Waals surface area (Å²) < 4.78 is 0. The standard InChI is InChI=1S/C13H19NOS2/c1-2-17-12-5-3-11(4-6-12)7-9-14-13(15)8-10-16/h3-6,16H,2,7-10H2,1H3,(H,14,15). The molecule has 1 rings (SSSR count). The Hall–Kier alpha value is -0.610. The van der Waals surface area contributed by atoms with Gasteiger partial charge in [0.25, 0.3) is 0 Å². The van der Waals surface area contributed by atoms with E-state index in [2.05, 4.69) is 49.1 Å². The van der Waals surface area contributed by atoms with Gasteiger partial charge < -0.3 is 5.32 Å². The number of carbonyl (C=O) groups is 1. The van der Waals surface area contributed by atoms with Gasteiger partial charge in [0.15, 0.2) is 0 Å². The molecule has 1 aromatic rings. The summed E-state index contributed by atoms with van der Waals surface area (Å²) in [6, 6.07) is 8.53. The van der Waals surface area contributed by atoms with Crippen molar-refractivity contribution in [1.29, 1.82) is 0 Å². The van der Waals surface area contributed by atoms with Crippen LogP contribution >= 0.6 is 24.4 Å². The van der Waals surface area contributed by atoms with Gasteiger partial charge in [0, 0.05) is 17.9 Å². The Labute approximate surface area is 113 Å². The lowest BCUT2D eigenvalue weighted by molar-refractivity contribution is -0.120. The van der Waals surface area contributed by atoms with Crippen LogP contribution in [0.1, 0.15) is 18.9 Å². The summed E-state index contributed by atoms with van der Waals surface area (Å²) in [5.74, 6) is 1.78. The molecule has 0 bridgehead atoms. The molecule has 0 aliphatic heterocycles. The number of rotatable bonds is 7. The van der Waals surface area contributed by atoms with Gasteiger partial charge in [0.2, 0.25) is 5.91 Å². The summed E-state index contributed by atoms with van der Waals surface area (Å²) in [7, 11) is 0. The molecule has 0 heterocycles. The third-order valence-corrected chi connectivity index (χ3v) is 3.43. The third-order valence-electron chi connectivity index (χ3n) is 2.31. The van der Waals surface area contributed by atoms with Crippen LogP contribution in [0.15, 0.2) is 29.2 Å². The van der Waals surface area contributed by atoms with Gasteiger partial charge in [-0.15, -0.1) is 11.8 Å². The maximum absolute atomic E-state index is 11.2. The average Bonchev–Trinajstić information content (AvgIpc) is 2.32. The fraction of sp³-hybridized carbons (Fsp3) is 0.462. The quantitative estimate of drug-likeness (QED) is 0.589. The maximum Gasteiger partial charge on any atom is 0.220 e. The highest BCUT2D eigenvalue weighted by atomic mass is 32.2. The van der Waals surface area contributed by atoms with Crippen LogP contribution in [-0.4, -0.2) is 24.0 Å². The van der Waals surface area contributed by atoms with Crippen LogP contribution in [0, 0.1) is 0 Å². The van der Waals surface area contributed by atoms with Crippen LogP contribution in [0.4, 0.5) is 0 Å². The fourth-order valence-corrected chi connectivity index (χ4v) is 2.32. The second-order valence-electron chi connectivity index (χ2n) is 3.65. The molecule has 0 unspecified atom stereocenters. The minimum absolute atomic E-state index is 0.0816. The molecule has 4 heteroatoms. The van der Waals surface area contributed by atoms with Crippen molar-refractivity contribution in [3.8, 4) is 0 Å². The summed E-state index contributed by atoms with van der Waals surface area (Å²) in [6.07, 6.45) is 1.38. The summed E-state index contributed by atoms with van der Waals surface area (Å²) in [4.78, 5) is 12.5. The molecule has 1 amide bonds. The van der Waals surface area contributed by atoms with E-state index in [0.29, 0.717) is 18.7 Å². The zero-order valence-corrected chi connectivity index (χ0v) is 11.8. The minimum atomic E-state index is 0.0816. The summed E-state index contributed by atoms with van der Waals surface area (Å²) in [5.41, 5.74) is 1.26. The van der Waals surface area contributed by atoms with Crippen LogP contribution in [0.5, 0.6) is 0 Å². The van der Waals surface area contributed by atoms with Gasteiger partial charge in [0.05, 0.1) is 0 Å². The number of hydrogen-bond donors (Lipinski definition) is 2. The van der Waals surface area contributed by atoms with Gasteiger partial charge in [-0.25, -0.2) is 0 Å². The smallest absolute Gasteiger partial charge is 0.220 e. The molecule has 94 valence electrons. The van der Waals surface area contributed by atoms with Crippen molar-refractivity contribution >= 4 is 30.3 Å². The van der Waals surface area contributed by atoms with Crippen molar-refractivity contribution in [2.24, 2.45) is 0 Å². The highest BCUT2D eigenvalue weighted by Gasteiger charge is 1.99. The number of thiol groups is 1. The first-order valence-corrected chi connectivity index (χ1v) is 7.47. The van der Waals surface area contributed by atoms with E-state index in [9.17, 15) is 4.79 Å². The SMILES string of the molecule is CCSc1ccc(CCNC(=O)CCS)cc1. The molecule has 0 saturated heterocycles. The van der Waals surface area contributed by atoms with E-state index in [1.54, 1.807) is 0 Å². The number of carbonyl (C=O) groups excluding carboxylic acids is 1. The Morgan fingerprint density at radius 3 is 2.65 bits per heavy atom. The fourth-order valence-electron chi connectivity index (χ4n) is 1.46. The first-order chi connectivity index (χ1) is 8.26. The van der Waals surface area contributed by atoms with Gasteiger partial charge >= 0.3 is 0 Å². The average molecular weight is 269 g/mol. The summed E-state index contributed by atoms with van der Waals surface area (Å²) in [6.45, 7) is 2.85. The molecule has 0 spiro atoms. The number of hydrogen-bond acceptors (Lipinski definition) is 3. The van der Waals surface area contributed by atoms with Crippen LogP contribution in [0.2, 0.25) is 0 Å². The van der Waals surface area contributed by atoms with E-state index in [-0.39, 0.29) is 5.91 Å². The molecule has 1 N–H and O–H groups in total. The van der Waals surface area contributed by atoms with E-state index in [1.807, 2.05) is 11.8 Å². The highest BCUT2D eigenvalue weighted by Crippen LogP contribution is 2.17. The predicted molar refractivity (Wildman–Crippen MR) is 78.0 cm³/mol. The lowest BCUT2D eigenvalue weighted by atomic mass is 10.1. The van der Waals surface area contributed by atoms with Crippen LogP contribution in [0.25, 0.3) is 0 Å². The molecular weight excluding hydrogens is 250 g/mol. The first-order valence-electron chi connectivity index (χ1n) is 5.85. The Morgan fingerprint density at radius 1 is 1.35 bits per heavy atom. The van der Waals surface area contributed by atoms with E-state index in [0.717, 1.165) is 12.2 Å². The minimum Gasteiger partial charge on any atom is -0.356 e. The van der Waals surface area contributed by atoms with Crippen molar-refractivity contribution in [2.75, 3.05) is 18.1 Å². The molecule has 0 saturated carbocycles. The number of thioether (sulfide) groups is 1. The Balaban J connectivity index is 2.29. The first kappa shape index (κ1) is 14.5. The molecule has 1 aromatic carbocycles. The van der Waals surface area contributed by atoms with Gasteiger partial charge in [-0.3, -0.25) is 4.79 Å². The largest absolute Gasteiger partial charge is 0.356 e. The van der Waals surface area contributed by atoms with Crippen LogP contribution in [0.3, 0.4) is 0 Å². The van der Waals surface area contributed by atoms with Crippen molar-refractivity contribution in [2.45, 2.75) is 24.7 Å². The Morgan fingerprint density at radius 2 is 2.06 bits per heavy atom. The monoisotopic (exact) mass is 269 g/mol. The van der Waals surface area contributed by atoms with Crippen LogP contribution in [-0.2, 0) is 11.2 Å². The molecule has 0 aliphatic rings. The summed E-state index contributed by atoms with van der Waals surface area (Å²) >= 11 is 5.86. The van der Waals surface area contributed by atoms with Crippen molar-refractivity contribution in [1.82, 2.24) is 5.32 Å². The number of benzene rings is 1. The molecule has 0 fully saturated rings. The normalized spacial score (nSPS) is 10.2. The van der Waals surface area contributed by atoms with E-state index >= 15 is 0 Å². The lowest BCUT2D eigenvalue weighted by Gasteiger charge is -2.05. The van der Waals surface area contributed by atoms with E-state index in [1.165, 1.54) is 10.5 Å². The van der Waals surface area contributed by atoms with Gasteiger partial charge in [0.1, 0.15) is 0 Å². The van der Waals surface area contributed by atoms with Crippen molar-refractivity contribution < 1.29 is 4.79 Å². The molecule has 17 heavy (non-hydrogen) atoms. The molecular formula is C13H19NOS2. The predicted octanol–water partition coefficient (Wildman–Crippen LogP) is 2.78. The van der Waals surface area contributed by atoms with Gasteiger partial charge in [-0.2, -0.15) is 12.6 Å². The third kappa shape index (κ3) is 6.03. The van der Waals surface area contributed by atoms with Crippen LogP contribution < -0.4 is 5.32 Å². The second-order valence-corrected chi connectivity index (χ2v) is 5.44. The highest BCUT2D eigenvalue weighted by molar-refractivity contribution is 7.99. The number of nitrogens with one attached hydrogen (secondary N) is 1. The zero-order valence-electron chi connectivity index (χ0n) is 10.1. The van der Waals surface area contributed by atoms with Crippen molar-refractivity contribution in [3.63, 3.8) is 0 Å². The Bertz CT molecular complexity index is 338. The molecule has 2 nitrogen and oxygen atoms in total.